The number of aromatic nitrogens is 2. The van der Waals surface area contributed by atoms with Gasteiger partial charge in [-0.2, -0.15) is 0 Å². The summed E-state index contributed by atoms with van der Waals surface area (Å²) in [5.41, 5.74) is -0.574. The molecule has 82 valence electrons. The third-order valence-corrected chi connectivity index (χ3v) is 3.67. The van der Waals surface area contributed by atoms with E-state index in [-0.39, 0.29) is 11.2 Å². The van der Waals surface area contributed by atoms with Crippen LogP contribution in [0.3, 0.4) is 0 Å². The molecule has 0 atom stereocenters. The van der Waals surface area contributed by atoms with Gasteiger partial charge in [-0.15, -0.1) is 0 Å². The fourth-order valence-corrected chi connectivity index (χ4v) is 2.56. The van der Waals surface area contributed by atoms with Crippen molar-refractivity contribution in [3.8, 4) is 0 Å². The molecule has 15 heavy (non-hydrogen) atoms. The van der Waals surface area contributed by atoms with Crippen molar-refractivity contribution in [1.29, 1.82) is 0 Å². The molecule has 0 bridgehead atoms. The van der Waals surface area contributed by atoms with E-state index in [1.54, 1.807) is 10.8 Å². The van der Waals surface area contributed by atoms with E-state index >= 15 is 0 Å². The zero-order valence-electron chi connectivity index (χ0n) is 8.33. The monoisotopic (exact) mass is 320 g/mol. The van der Waals surface area contributed by atoms with E-state index in [4.69, 9.17) is 0 Å². The number of hydrogen-bond acceptors (Lipinski definition) is 2. The van der Waals surface area contributed by atoms with Gasteiger partial charge in [-0.3, -0.25) is 14.3 Å². The van der Waals surface area contributed by atoms with Gasteiger partial charge in [0.15, 0.2) is 0 Å². The number of H-pyrrole nitrogens is 1. The Labute approximate surface area is 101 Å². The Hall–Kier alpha value is -0.590. The number of rotatable bonds is 2. The highest BCUT2D eigenvalue weighted by Gasteiger charge is 2.16. The van der Waals surface area contributed by atoms with Crippen LogP contribution >= 0.6 is 22.6 Å². The first kappa shape index (κ1) is 10.9. The SMILES string of the molecule is O=c1[nH]c(=O)n(CC2CCCC2)cc1I. The number of halogens is 1. The van der Waals surface area contributed by atoms with Crippen molar-refractivity contribution < 1.29 is 0 Å². The summed E-state index contributed by atoms with van der Waals surface area (Å²) in [6.45, 7) is 0.742. The summed E-state index contributed by atoms with van der Waals surface area (Å²) < 4.78 is 2.20. The second-order valence-corrected chi connectivity index (χ2v) is 5.20. The third-order valence-electron chi connectivity index (χ3n) is 2.90. The van der Waals surface area contributed by atoms with Crippen LogP contribution in [0.15, 0.2) is 15.8 Å². The van der Waals surface area contributed by atoms with Crippen LogP contribution in [0.25, 0.3) is 0 Å². The van der Waals surface area contributed by atoms with Crippen LogP contribution in [0.4, 0.5) is 0 Å². The molecule has 0 amide bonds. The minimum atomic E-state index is -0.289. The molecule has 1 aromatic heterocycles. The van der Waals surface area contributed by atoms with Gasteiger partial charge < -0.3 is 0 Å². The van der Waals surface area contributed by atoms with E-state index < -0.39 is 0 Å². The fourth-order valence-electron chi connectivity index (χ4n) is 2.09. The molecule has 1 aliphatic carbocycles. The molecule has 0 radical (unpaired) electrons. The summed E-state index contributed by atoms with van der Waals surface area (Å²) in [7, 11) is 0. The smallest absolute Gasteiger partial charge is 0.299 e. The quantitative estimate of drug-likeness (QED) is 0.836. The van der Waals surface area contributed by atoms with Crippen molar-refractivity contribution >= 4 is 22.6 Å². The molecular formula is C10H13IN2O2. The maximum Gasteiger partial charge on any atom is 0.328 e. The number of nitrogens with one attached hydrogen (secondary N) is 1. The normalized spacial score (nSPS) is 17.1. The van der Waals surface area contributed by atoms with Crippen molar-refractivity contribution in [1.82, 2.24) is 9.55 Å². The average Bonchev–Trinajstić information content (AvgIpc) is 2.67. The van der Waals surface area contributed by atoms with Crippen LogP contribution in [0.1, 0.15) is 25.7 Å². The Kier molecular flexibility index (Phi) is 3.28. The summed E-state index contributed by atoms with van der Waals surface area (Å²) in [4.78, 5) is 25.0. The van der Waals surface area contributed by atoms with Crippen LogP contribution in [0.5, 0.6) is 0 Å². The highest BCUT2D eigenvalue weighted by molar-refractivity contribution is 14.1. The standard InChI is InChI=1S/C10H13IN2O2/c11-8-6-13(10(15)12-9(8)14)5-7-3-1-2-4-7/h6-7H,1-5H2,(H,12,14,15). The third kappa shape index (κ3) is 2.50. The molecule has 1 aromatic rings. The molecule has 4 nitrogen and oxygen atoms in total. The molecule has 0 unspecified atom stereocenters. The summed E-state index contributed by atoms with van der Waals surface area (Å²) in [6, 6.07) is 0. The molecule has 5 heteroatoms. The molecule has 0 spiro atoms. The Morgan fingerprint density at radius 1 is 1.40 bits per heavy atom. The van der Waals surface area contributed by atoms with Gasteiger partial charge in [0.05, 0.1) is 3.57 Å². The predicted molar refractivity (Wildman–Crippen MR) is 66.0 cm³/mol. The van der Waals surface area contributed by atoms with E-state index in [0.29, 0.717) is 9.49 Å². The lowest BCUT2D eigenvalue weighted by molar-refractivity contribution is 0.442. The zero-order valence-corrected chi connectivity index (χ0v) is 10.5. The lowest BCUT2D eigenvalue weighted by Crippen LogP contribution is -2.32. The number of hydrogen-bond donors (Lipinski definition) is 1. The van der Waals surface area contributed by atoms with Gasteiger partial charge in [0.2, 0.25) is 0 Å². The van der Waals surface area contributed by atoms with Crippen molar-refractivity contribution in [2.45, 2.75) is 32.2 Å². The molecule has 1 aliphatic rings. The van der Waals surface area contributed by atoms with Gasteiger partial charge in [-0.05, 0) is 41.4 Å². The average molecular weight is 320 g/mol. The lowest BCUT2D eigenvalue weighted by atomic mass is 10.1. The van der Waals surface area contributed by atoms with Gasteiger partial charge in [-0.1, -0.05) is 12.8 Å². The van der Waals surface area contributed by atoms with Gasteiger partial charge in [0.25, 0.3) is 5.56 Å². The first-order valence-electron chi connectivity index (χ1n) is 5.16. The van der Waals surface area contributed by atoms with Crippen LogP contribution in [0, 0.1) is 9.49 Å². The molecular weight excluding hydrogens is 307 g/mol. The minimum Gasteiger partial charge on any atom is -0.299 e. The van der Waals surface area contributed by atoms with Gasteiger partial charge in [0.1, 0.15) is 0 Å². The fraction of sp³-hybridized carbons (Fsp3) is 0.600. The molecule has 1 heterocycles. The highest BCUT2D eigenvalue weighted by atomic mass is 127. The minimum absolute atomic E-state index is 0.285. The van der Waals surface area contributed by atoms with Crippen LogP contribution in [-0.4, -0.2) is 9.55 Å². The first-order valence-corrected chi connectivity index (χ1v) is 6.24. The first-order chi connectivity index (χ1) is 7.16. The van der Waals surface area contributed by atoms with E-state index in [0.717, 1.165) is 6.54 Å². The summed E-state index contributed by atoms with van der Waals surface area (Å²) in [6.07, 6.45) is 6.57. The Bertz CT molecular complexity index is 457. The van der Waals surface area contributed by atoms with Crippen molar-refractivity contribution in [2.75, 3.05) is 0 Å². The summed E-state index contributed by atoms with van der Waals surface area (Å²) in [5, 5.41) is 0. The van der Waals surface area contributed by atoms with Crippen molar-refractivity contribution in [3.63, 3.8) is 0 Å². The topological polar surface area (TPSA) is 54.9 Å². The Morgan fingerprint density at radius 3 is 2.73 bits per heavy atom. The molecule has 0 saturated heterocycles. The van der Waals surface area contributed by atoms with Crippen LogP contribution in [0.2, 0.25) is 0 Å². The second-order valence-electron chi connectivity index (χ2n) is 4.04. The van der Waals surface area contributed by atoms with Crippen molar-refractivity contribution in [3.05, 3.63) is 30.6 Å². The van der Waals surface area contributed by atoms with E-state index in [1.807, 2.05) is 22.6 Å². The van der Waals surface area contributed by atoms with Crippen LogP contribution in [-0.2, 0) is 6.54 Å². The molecule has 1 N–H and O–H groups in total. The number of aromatic amines is 1. The molecule has 1 fully saturated rings. The van der Waals surface area contributed by atoms with Gasteiger partial charge in [0, 0.05) is 12.7 Å². The zero-order chi connectivity index (χ0) is 10.8. The van der Waals surface area contributed by atoms with E-state index in [9.17, 15) is 9.59 Å². The summed E-state index contributed by atoms with van der Waals surface area (Å²) in [5.74, 6) is 0.601. The molecule has 0 aliphatic heterocycles. The second kappa shape index (κ2) is 4.51. The van der Waals surface area contributed by atoms with Gasteiger partial charge in [-0.25, -0.2) is 4.79 Å². The molecule has 1 saturated carbocycles. The predicted octanol–water partition coefficient (Wildman–Crippen LogP) is 1.33. The van der Waals surface area contributed by atoms with E-state index in [1.165, 1.54) is 25.7 Å². The Morgan fingerprint density at radius 2 is 2.07 bits per heavy atom. The summed E-state index contributed by atoms with van der Waals surface area (Å²) >= 11 is 1.95. The highest BCUT2D eigenvalue weighted by Crippen LogP contribution is 2.25. The van der Waals surface area contributed by atoms with Gasteiger partial charge >= 0.3 is 5.69 Å². The molecule has 0 aromatic carbocycles. The maximum atomic E-state index is 11.5. The largest absolute Gasteiger partial charge is 0.328 e. The number of nitrogens with zero attached hydrogens (tertiary/aromatic N) is 1. The lowest BCUT2D eigenvalue weighted by Gasteiger charge is -2.10. The van der Waals surface area contributed by atoms with Crippen LogP contribution < -0.4 is 11.2 Å². The maximum absolute atomic E-state index is 11.5. The molecule has 2 rings (SSSR count). The Balaban J connectivity index is 2.24. The van der Waals surface area contributed by atoms with Crippen molar-refractivity contribution in [2.24, 2.45) is 5.92 Å². The van der Waals surface area contributed by atoms with E-state index in [2.05, 4.69) is 4.98 Å².